The Balaban J connectivity index is 4.33. The summed E-state index contributed by atoms with van der Waals surface area (Å²) in [6.45, 7) is 4.54. The minimum atomic E-state index is -0.494. The minimum absolute atomic E-state index is 0.204. The van der Waals surface area contributed by atoms with Gasteiger partial charge in [-0.2, -0.15) is 5.26 Å². The molecule has 66 valence electrons. The summed E-state index contributed by atoms with van der Waals surface area (Å²) in [5.74, 6) is -0.494. The zero-order valence-electron chi connectivity index (χ0n) is 7.37. The molecular weight excluding hydrogens is 170 g/mol. The highest BCUT2D eigenvalue weighted by Gasteiger charge is 2.13. The highest BCUT2D eigenvalue weighted by molar-refractivity contribution is 7.80. The van der Waals surface area contributed by atoms with Crippen molar-refractivity contribution in [1.29, 1.82) is 5.26 Å². The van der Waals surface area contributed by atoms with Crippen molar-refractivity contribution in [2.24, 2.45) is 16.6 Å². The van der Waals surface area contributed by atoms with E-state index in [9.17, 15) is 0 Å². The third-order valence-electron chi connectivity index (χ3n) is 1.42. The maximum absolute atomic E-state index is 8.67. The Morgan fingerprint density at radius 2 is 2.33 bits per heavy atom. The monoisotopic (exact) mass is 183 g/mol. The van der Waals surface area contributed by atoms with E-state index in [0.29, 0.717) is 5.71 Å². The molecule has 0 aliphatic carbocycles. The normalized spacial score (nSPS) is 13.6. The fraction of sp³-hybridized carbons (Fsp3) is 0.625. The Hall–Kier alpha value is -0.950. The molecular formula is C8H13N3S. The number of hydrogen-bond acceptors (Lipinski definition) is 3. The van der Waals surface area contributed by atoms with Crippen LogP contribution in [0.25, 0.3) is 0 Å². The van der Waals surface area contributed by atoms with Gasteiger partial charge in [0.1, 0.15) is 5.92 Å². The molecule has 0 bridgehead atoms. The van der Waals surface area contributed by atoms with E-state index in [4.69, 9.17) is 23.2 Å². The van der Waals surface area contributed by atoms with Gasteiger partial charge in [-0.3, -0.25) is 4.99 Å². The van der Waals surface area contributed by atoms with Crippen molar-refractivity contribution in [2.45, 2.75) is 20.3 Å². The van der Waals surface area contributed by atoms with Crippen LogP contribution in [0.15, 0.2) is 4.99 Å². The SMILES string of the molecule is CCCN=C(C)C(C#N)C(N)=S. The van der Waals surface area contributed by atoms with Gasteiger partial charge in [0, 0.05) is 12.3 Å². The number of thiocarbonyl (C=S) groups is 1. The Kier molecular flexibility index (Phi) is 5.22. The fourth-order valence-electron chi connectivity index (χ4n) is 0.742. The molecule has 0 radical (unpaired) electrons. The summed E-state index contributed by atoms with van der Waals surface area (Å²) in [7, 11) is 0. The molecule has 0 saturated carbocycles. The lowest BCUT2D eigenvalue weighted by Crippen LogP contribution is -2.26. The van der Waals surface area contributed by atoms with Crippen LogP contribution >= 0.6 is 12.2 Å². The van der Waals surface area contributed by atoms with Crippen LogP contribution in [0.2, 0.25) is 0 Å². The molecule has 2 N–H and O–H groups in total. The lowest BCUT2D eigenvalue weighted by atomic mass is 10.1. The van der Waals surface area contributed by atoms with E-state index in [2.05, 4.69) is 4.99 Å². The minimum Gasteiger partial charge on any atom is -0.392 e. The van der Waals surface area contributed by atoms with E-state index in [1.54, 1.807) is 6.92 Å². The van der Waals surface area contributed by atoms with Gasteiger partial charge in [-0.25, -0.2) is 0 Å². The molecule has 0 aromatic carbocycles. The van der Waals surface area contributed by atoms with E-state index in [1.165, 1.54) is 0 Å². The number of nitrogens with zero attached hydrogens (tertiary/aromatic N) is 2. The Morgan fingerprint density at radius 3 is 2.67 bits per heavy atom. The van der Waals surface area contributed by atoms with E-state index >= 15 is 0 Å². The highest BCUT2D eigenvalue weighted by Crippen LogP contribution is 1.99. The van der Waals surface area contributed by atoms with Gasteiger partial charge in [-0.15, -0.1) is 0 Å². The van der Waals surface area contributed by atoms with Crippen LogP contribution in [0.3, 0.4) is 0 Å². The summed E-state index contributed by atoms with van der Waals surface area (Å²) < 4.78 is 0. The summed E-state index contributed by atoms with van der Waals surface area (Å²) in [6.07, 6.45) is 0.965. The summed E-state index contributed by atoms with van der Waals surface area (Å²) in [5.41, 5.74) is 6.06. The lowest BCUT2D eigenvalue weighted by molar-refractivity contribution is 0.922. The number of hydrogen-bond donors (Lipinski definition) is 1. The molecule has 0 aromatic heterocycles. The van der Waals surface area contributed by atoms with Crippen molar-refractivity contribution in [1.82, 2.24) is 0 Å². The van der Waals surface area contributed by atoms with Gasteiger partial charge in [0.15, 0.2) is 0 Å². The second-order valence-corrected chi connectivity index (χ2v) is 2.96. The van der Waals surface area contributed by atoms with Crippen molar-refractivity contribution >= 4 is 22.9 Å². The standard InChI is InChI=1S/C8H13N3S/c1-3-4-11-6(2)7(5-9)8(10)12/h7H,3-4H2,1-2H3,(H2,10,12). The molecule has 0 aromatic rings. The predicted molar refractivity (Wildman–Crippen MR) is 54.2 cm³/mol. The van der Waals surface area contributed by atoms with Crippen LogP contribution < -0.4 is 5.73 Å². The van der Waals surface area contributed by atoms with Crippen molar-refractivity contribution in [3.05, 3.63) is 0 Å². The van der Waals surface area contributed by atoms with Crippen LogP contribution in [-0.2, 0) is 0 Å². The topological polar surface area (TPSA) is 62.2 Å². The lowest BCUT2D eigenvalue weighted by Gasteiger charge is -2.05. The van der Waals surface area contributed by atoms with Crippen LogP contribution in [0, 0.1) is 17.2 Å². The first-order valence-electron chi connectivity index (χ1n) is 3.83. The maximum Gasteiger partial charge on any atom is 0.133 e. The molecule has 3 nitrogen and oxygen atoms in total. The molecule has 0 aliphatic rings. The van der Waals surface area contributed by atoms with Gasteiger partial charge in [-0.1, -0.05) is 19.1 Å². The van der Waals surface area contributed by atoms with Crippen molar-refractivity contribution < 1.29 is 0 Å². The molecule has 1 atom stereocenters. The van der Waals surface area contributed by atoms with Gasteiger partial charge >= 0.3 is 0 Å². The molecule has 0 amide bonds. The zero-order chi connectivity index (χ0) is 9.56. The first-order valence-corrected chi connectivity index (χ1v) is 4.24. The summed E-state index contributed by atoms with van der Waals surface area (Å²) in [6, 6.07) is 2.01. The van der Waals surface area contributed by atoms with Gasteiger partial charge in [-0.05, 0) is 13.3 Å². The molecule has 4 heteroatoms. The van der Waals surface area contributed by atoms with E-state index in [0.717, 1.165) is 13.0 Å². The number of aliphatic imine (C=N–C) groups is 1. The number of nitrogens with two attached hydrogens (primary N) is 1. The van der Waals surface area contributed by atoms with Gasteiger partial charge in [0.05, 0.1) is 11.1 Å². The smallest absolute Gasteiger partial charge is 0.133 e. The Morgan fingerprint density at radius 1 is 1.75 bits per heavy atom. The van der Waals surface area contributed by atoms with Crippen molar-refractivity contribution in [2.75, 3.05) is 6.54 Å². The average Bonchev–Trinajstić information content (AvgIpc) is 2.01. The third-order valence-corrected chi connectivity index (χ3v) is 1.65. The zero-order valence-corrected chi connectivity index (χ0v) is 8.19. The molecule has 0 saturated heterocycles. The molecule has 0 spiro atoms. The quantitative estimate of drug-likeness (QED) is 0.527. The van der Waals surface area contributed by atoms with E-state index in [1.807, 2.05) is 13.0 Å². The molecule has 1 unspecified atom stereocenters. The molecule has 12 heavy (non-hydrogen) atoms. The van der Waals surface area contributed by atoms with Crippen molar-refractivity contribution in [3.63, 3.8) is 0 Å². The molecule has 0 rings (SSSR count). The highest BCUT2D eigenvalue weighted by atomic mass is 32.1. The average molecular weight is 183 g/mol. The Bertz CT molecular complexity index is 227. The van der Waals surface area contributed by atoms with Crippen LogP contribution in [-0.4, -0.2) is 17.2 Å². The molecule has 0 aliphatic heterocycles. The third kappa shape index (κ3) is 3.44. The fourth-order valence-corrected chi connectivity index (χ4v) is 0.966. The van der Waals surface area contributed by atoms with Crippen LogP contribution in [0.1, 0.15) is 20.3 Å². The largest absolute Gasteiger partial charge is 0.392 e. The predicted octanol–water partition coefficient (Wildman–Crippen LogP) is 1.28. The number of nitriles is 1. The first-order chi connectivity index (χ1) is 5.63. The van der Waals surface area contributed by atoms with Gasteiger partial charge in [0.25, 0.3) is 0 Å². The van der Waals surface area contributed by atoms with Crippen LogP contribution in [0.5, 0.6) is 0 Å². The maximum atomic E-state index is 8.67. The summed E-state index contributed by atoms with van der Waals surface area (Å²) in [4.78, 5) is 4.37. The second kappa shape index (κ2) is 5.67. The van der Waals surface area contributed by atoms with Gasteiger partial charge < -0.3 is 5.73 Å². The molecule has 0 heterocycles. The Labute approximate surface area is 78.3 Å². The van der Waals surface area contributed by atoms with E-state index in [-0.39, 0.29) is 4.99 Å². The molecule has 0 fully saturated rings. The number of rotatable bonds is 4. The second-order valence-electron chi connectivity index (χ2n) is 2.49. The summed E-state index contributed by atoms with van der Waals surface area (Å²) in [5, 5.41) is 8.67. The van der Waals surface area contributed by atoms with Crippen molar-refractivity contribution in [3.8, 4) is 6.07 Å². The van der Waals surface area contributed by atoms with E-state index < -0.39 is 5.92 Å². The first kappa shape index (κ1) is 11.1. The van der Waals surface area contributed by atoms with Crippen LogP contribution in [0.4, 0.5) is 0 Å². The summed E-state index contributed by atoms with van der Waals surface area (Å²) >= 11 is 4.72. The van der Waals surface area contributed by atoms with Gasteiger partial charge in [0.2, 0.25) is 0 Å².